The van der Waals surface area contributed by atoms with Gasteiger partial charge in [0.25, 0.3) is 0 Å². The molecule has 6 heteroatoms. The van der Waals surface area contributed by atoms with Crippen LogP contribution < -0.4 is 0 Å². The summed E-state index contributed by atoms with van der Waals surface area (Å²) in [6.45, 7) is 3.34. The molecule has 1 heterocycles. The van der Waals surface area contributed by atoms with E-state index in [0.29, 0.717) is 13.2 Å². The Morgan fingerprint density at radius 1 is 1.27 bits per heavy atom. The van der Waals surface area contributed by atoms with Gasteiger partial charge in [-0.1, -0.05) is 31.5 Å². The molecular weight excluding hydrogens is 304 g/mol. The molecule has 0 saturated carbocycles. The van der Waals surface area contributed by atoms with Crippen molar-refractivity contribution in [2.75, 3.05) is 27.1 Å². The lowest BCUT2D eigenvalue weighted by Crippen LogP contribution is -2.24. The average molecular weight is 328 g/mol. The first-order valence-corrected chi connectivity index (χ1v) is 8.78. The third-order valence-corrected chi connectivity index (χ3v) is 4.94. The number of hydrogen-bond donors (Lipinski definition) is 0. The minimum absolute atomic E-state index is 0.0785. The van der Waals surface area contributed by atoms with E-state index in [1.165, 1.54) is 0 Å². The van der Waals surface area contributed by atoms with Crippen LogP contribution in [0, 0.1) is 0 Å². The molecule has 0 spiro atoms. The molecule has 0 amide bonds. The number of hydrogen-bond acceptors (Lipinski definition) is 5. The fourth-order valence-electron chi connectivity index (χ4n) is 2.20. The molecule has 1 aliphatic heterocycles. The molecule has 22 heavy (non-hydrogen) atoms. The van der Waals surface area contributed by atoms with E-state index in [2.05, 4.69) is 6.92 Å². The molecule has 124 valence electrons. The van der Waals surface area contributed by atoms with Crippen LogP contribution in [0.5, 0.6) is 0 Å². The second-order valence-corrected chi connectivity index (χ2v) is 6.62. The summed E-state index contributed by atoms with van der Waals surface area (Å²) >= 11 is 0. The van der Waals surface area contributed by atoms with Crippen molar-refractivity contribution in [1.29, 1.82) is 0 Å². The maximum absolute atomic E-state index is 12.4. The lowest BCUT2D eigenvalue weighted by atomic mass is 10.1. The second kappa shape index (κ2) is 9.37. The monoisotopic (exact) mass is 328 g/mol. The van der Waals surface area contributed by atoms with Crippen LogP contribution in [-0.2, 0) is 29.7 Å². The van der Waals surface area contributed by atoms with Gasteiger partial charge < -0.3 is 18.9 Å². The fraction of sp³-hybridized carbons (Fsp3) is 0.625. The van der Waals surface area contributed by atoms with Crippen molar-refractivity contribution in [2.45, 2.75) is 42.3 Å². The van der Waals surface area contributed by atoms with Crippen molar-refractivity contribution in [2.24, 2.45) is 0 Å². The highest BCUT2D eigenvalue weighted by Gasteiger charge is 2.49. The van der Waals surface area contributed by atoms with E-state index in [9.17, 15) is 4.21 Å². The SMILES string of the molecule is CCC[C@@H](OCOCCOC)[C@H]1O[C@@H]1S(=O)c1ccccc1. The lowest BCUT2D eigenvalue weighted by Gasteiger charge is -2.15. The third-order valence-electron chi connectivity index (χ3n) is 3.41. The van der Waals surface area contributed by atoms with Crippen molar-refractivity contribution in [1.82, 2.24) is 0 Å². The molecule has 0 aromatic heterocycles. The maximum atomic E-state index is 12.4. The van der Waals surface area contributed by atoms with Gasteiger partial charge in [-0.3, -0.25) is 4.21 Å². The molecule has 2 rings (SSSR count). The number of epoxide rings is 1. The summed E-state index contributed by atoms with van der Waals surface area (Å²) in [5.41, 5.74) is -0.280. The molecule has 1 aromatic rings. The van der Waals surface area contributed by atoms with Crippen molar-refractivity contribution < 1.29 is 23.2 Å². The van der Waals surface area contributed by atoms with Crippen LogP contribution in [0.25, 0.3) is 0 Å². The summed E-state index contributed by atoms with van der Waals surface area (Å²) in [7, 11) is 0.479. The normalized spacial score (nSPS) is 23.2. The Balaban J connectivity index is 1.80. The summed E-state index contributed by atoms with van der Waals surface area (Å²) in [4.78, 5) is 0.793. The molecule has 1 aliphatic rings. The Hall–Kier alpha value is -0.790. The van der Waals surface area contributed by atoms with Gasteiger partial charge in [-0.25, -0.2) is 0 Å². The first-order valence-electron chi connectivity index (χ1n) is 7.57. The van der Waals surface area contributed by atoms with E-state index in [4.69, 9.17) is 18.9 Å². The zero-order chi connectivity index (χ0) is 15.8. The van der Waals surface area contributed by atoms with E-state index in [0.717, 1.165) is 17.7 Å². The molecule has 5 nitrogen and oxygen atoms in total. The molecule has 0 N–H and O–H groups in total. The van der Waals surface area contributed by atoms with Crippen LogP contribution in [0.4, 0.5) is 0 Å². The molecule has 4 atom stereocenters. The lowest BCUT2D eigenvalue weighted by molar-refractivity contribution is -0.105. The largest absolute Gasteiger partial charge is 0.382 e. The van der Waals surface area contributed by atoms with Crippen LogP contribution in [0.3, 0.4) is 0 Å². The van der Waals surface area contributed by atoms with Gasteiger partial charge in [-0.05, 0) is 18.6 Å². The quantitative estimate of drug-likeness (QED) is 0.354. The predicted octanol–water partition coefficient (Wildman–Crippen LogP) is 2.32. The zero-order valence-electron chi connectivity index (χ0n) is 13.1. The fourth-order valence-corrected chi connectivity index (χ4v) is 3.54. The van der Waals surface area contributed by atoms with Gasteiger partial charge in [0.15, 0.2) is 5.44 Å². The van der Waals surface area contributed by atoms with Gasteiger partial charge >= 0.3 is 0 Å². The highest BCUT2D eigenvalue weighted by Crippen LogP contribution is 2.34. The Bertz CT molecular complexity index is 453. The molecular formula is C16H24O5S. The Labute approximate surface area is 134 Å². The van der Waals surface area contributed by atoms with E-state index in [1.807, 2.05) is 30.3 Å². The molecule has 1 saturated heterocycles. The minimum Gasteiger partial charge on any atom is -0.382 e. The second-order valence-electron chi connectivity index (χ2n) is 5.09. The Morgan fingerprint density at radius 3 is 2.73 bits per heavy atom. The van der Waals surface area contributed by atoms with Crippen LogP contribution in [0.15, 0.2) is 35.2 Å². The maximum Gasteiger partial charge on any atom is 0.166 e. The summed E-state index contributed by atoms with van der Waals surface area (Å²) < 4.78 is 34.0. The van der Waals surface area contributed by atoms with Gasteiger partial charge in [0.1, 0.15) is 12.9 Å². The van der Waals surface area contributed by atoms with Crippen LogP contribution in [0.2, 0.25) is 0 Å². The molecule has 1 unspecified atom stereocenters. The minimum atomic E-state index is -1.15. The topological polar surface area (TPSA) is 57.3 Å². The van der Waals surface area contributed by atoms with E-state index < -0.39 is 10.8 Å². The highest BCUT2D eigenvalue weighted by molar-refractivity contribution is 7.85. The van der Waals surface area contributed by atoms with Crippen molar-refractivity contribution in [3.63, 3.8) is 0 Å². The Kier molecular flexibility index (Phi) is 7.48. The summed E-state index contributed by atoms with van der Waals surface area (Å²) in [6.07, 6.45) is 1.64. The van der Waals surface area contributed by atoms with E-state index in [1.54, 1.807) is 7.11 Å². The molecule has 0 radical (unpaired) electrons. The summed E-state index contributed by atoms with van der Waals surface area (Å²) in [5, 5.41) is 0. The first kappa shape index (κ1) is 17.6. The van der Waals surface area contributed by atoms with Crippen molar-refractivity contribution in [3.05, 3.63) is 30.3 Å². The van der Waals surface area contributed by atoms with Gasteiger partial charge in [0.05, 0.1) is 30.1 Å². The standard InChI is InChI=1S/C16H24O5S/c1-3-7-14(20-12-19-11-10-18-2)15-16(21-15)22(17)13-8-5-4-6-9-13/h4-6,8-9,14-16H,3,7,10-12H2,1-2H3/t14-,15-,16-,22?/m1/s1. The summed E-state index contributed by atoms with van der Waals surface area (Å²) in [6, 6.07) is 9.39. The Morgan fingerprint density at radius 2 is 2.05 bits per heavy atom. The molecule has 0 bridgehead atoms. The van der Waals surface area contributed by atoms with Gasteiger partial charge in [-0.15, -0.1) is 0 Å². The predicted molar refractivity (Wildman–Crippen MR) is 84.0 cm³/mol. The van der Waals surface area contributed by atoms with Crippen LogP contribution in [0.1, 0.15) is 19.8 Å². The van der Waals surface area contributed by atoms with Crippen LogP contribution >= 0.6 is 0 Å². The molecule has 1 aromatic carbocycles. The van der Waals surface area contributed by atoms with Gasteiger partial charge in [0, 0.05) is 12.0 Å². The smallest absolute Gasteiger partial charge is 0.166 e. The van der Waals surface area contributed by atoms with Gasteiger partial charge in [0.2, 0.25) is 0 Å². The number of benzene rings is 1. The highest BCUT2D eigenvalue weighted by atomic mass is 32.2. The average Bonchev–Trinajstić information content (AvgIpc) is 3.34. The van der Waals surface area contributed by atoms with E-state index in [-0.39, 0.29) is 24.4 Å². The number of ether oxygens (including phenoxy) is 4. The van der Waals surface area contributed by atoms with Gasteiger partial charge in [-0.2, -0.15) is 0 Å². The number of methoxy groups -OCH3 is 1. The summed E-state index contributed by atoms with van der Waals surface area (Å²) in [5.74, 6) is 0. The zero-order valence-corrected chi connectivity index (χ0v) is 13.9. The van der Waals surface area contributed by atoms with Crippen molar-refractivity contribution in [3.8, 4) is 0 Å². The first-order chi connectivity index (χ1) is 10.8. The van der Waals surface area contributed by atoms with Crippen molar-refractivity contribution >= 4 is 10.8 Å². The van der Waals surface area contributed by atoms with Crippen LogP contribution in [-0.4, -0.2) is 49.0 Å². The molecule has 1 fully saturated rings. The number of rotatable bonds is 11. The third kappa shape index (κ3) is 5.14. The van der Waals surface area contributed by atoms with E-state index >= 15 is 0 Å². The molecule has 0 aliphatic carbocycles.